The zero-order valence-corrected chi connectivity index (χ0v) is 20.3. The van der Waals surface area contributed by atoms with E-state index in [0.29, 0.717) is 39.0 Å². The summed E-state index contributed by atoms with van der Waals surface area (Å²) in [7, 11) is 0. The van der Waals surface area contributed by atoms with Crippen molar-refractivity contribution in [3.8, 4) is 0 Å². The maximum Gasteiger partial charge on any atom is 0.414 e. The predicted octanol–water partition coefficient (Wildman–Crippen LogP) is 2.97. The second kappa shape index (κ2) is 11.8. The van der Waals surface area contributed by atoms with E-state index in [0.717, 1.165) is 19.3 Å². The minimum Gasteiger partial charge on any atom is -0.393 e. The van der Waals surface area contributed by atoms with Gasteiger partial charge in [0.1, 0.15) is 0 Å². The number of ether oxygens (including phenoxy) is 1. The van der Waals surface area contributed by atoms with Crippen molar-refractivity contribution in [1.29, 1.82) is 0 Å². The molecule has 3 fully saturated rings. The van der Waals surface area contributed by atoms with E-state index in [9.17, 15) is 33.6 Å². The van der Waals surface area contributed by atoms with Crippen molar-refractivity contribution in [2.24, 2.45) is 23.7 Å². The first-order valence-corrected chi connectivity index (χ1v) is 13.3. The first kappa shape index (κ1) is 27.5. The first-order valence-electron chi connectivity index (χ1n) is 12.3. The van der Waals surface area contributed by atoms with Gasteiger partial charge in [-0.1, -0.05) is 13.8 Å². The Hall–Kier alpha value is -0.100. The number of piperidine rings is 1. The highest BCUT2D eigenvalue weighted by Gasteiger charge is 2.53. The lowest BCUT2D eigenvalue weighted by Crippen LogP contribution is -2.50. The van der Waals surface area contributed by atoms with E-state index >= 15 is 0 Å². The molecule has 194 valence electrons. The van der Waals surface area contributed by atoms with Crippen LogP contribution in [0.15, 0.2) is 0 Å². The fraction of sp³-hybridized carbons (Fsp3) is 1.00. The molecular formula is C23H40F3NO5S. The molecule has 3 aliphatic rings. The van der Waals surface area contributed by atoms with Gasteiger partial charge in [-0.05, 0) is 62.7 Å². The van der Waals surface area contributed by atoms with Crippen LogP contribution in [0.5, 0.6) is 0 Å². The van der Waals surface area contributed by atoms with Gasteiger partial charge in [-0.15, -0.1) is 0 Å². The van der Waals surface area contributed by atoms with Gasteiger partial charge in [0.15, 0.2) is 6.10 Å². The minimum atomic E-state index is -4.69. The number of hydrogen-bond acceptors (Lipinski definition) is 7. The van der Waals surface area contributed by atoms with E-state index in [1.165, 1.54) is 11.8 Å². The molecule has 2 aliphatic heterocycles. The highest BCUT2D eigenvalue weighted by molar-refractivity contribution is 8.00. The summed E-state index contributed by atoms with van der Waals surface area (Å²) in [5, 5.41) is 40.8. The summed E-state index contributed by atoms with van der Waals surface area (Å²) in [6.07, 6.45) is -5.25. The molecule has 0 aromatic carbocycles. The van der Waals surface area contributed by atoms with Crippen LogP contribution in [0.1, 0.15) is 58.8 Å². The van der Waals surface area contributed by atoms with Gasteiger partial charge in [-0.3, -0.25) is 4.90 Å². The Bertz CT molecular complexity index is 607. The maximum absolute atomic E-state index is 13.2. The van der Waals surface area contributed by atoms with Gasteiger partial charge in [0.2, 0.25) is 6.41 Å². The van der Waals surface area contributed by atoms with Crippen LogP contribution < -0.4 is 0 Å². The monoisotopic (exact) mass is 499 g/mol. The molecule has 0 aromatic rings. The normalized spacial score (nSPS) is 37.4. The van der Waals surface area contributed by atoms with Crippen molar-refractivity contribution in [3.05, 3.63) is 0 Å². The molecule has 0 bridgehead atoms. The summed E-state index contributed by atoms with van der Waals surface area (Å²) in [6, 6.07) is 0. The van der Waals surface area contributed by atoms with Crippen LogP contribution in [0.3, 0.4) is 0 Å². The Balaban J connectivity index is 1.73. The molecule has 1 aliphatic carbocycles. The third-order valence-corrected chi connectivity index (χ3v) is 9.65. The molecule has 33 heavy (non-hydrogen) atoms. The van der Waals surface area contributed by atoms with E-state index in [1.807, 2.05) is 18.7 Å². The van der Waals surface area contributed by atoms with Gasteiger partial charge < -0.3 is 25.2 Å². The Morgan fingerprint density at radius 1 is 1.09 bits per heavy atom. The Morgan fingerprint density at radius 2 is 1.76 bits per heavy atom. The van der Waals surface area contributed by atoms with Crippen LogP contribution in [0.25, 0.3) is 0 Å². The molecule has 4 N–H and O–H groups in total. The van der Waals surface area contributed by atoms with E-state index in [4.69, 9.17) is 4.74 Å². The number of halogens is 3. The summed E-state index contributed by atoms with van der Waals surface area (Å²) < 4.78 is 44.9. The average molecular weight is 500 g/mol. The highest BCUT2D eigenvalue weighted by atomic mass is 32.2. The third-order valence-electron chi connectivity index (χ3n) is 7.95. The van der Waals surface area contributed by atoms with E-state index in [1.54, 1.807) is 0 Å². The van der Waals surface area contributed by atoms with Crippen LogP contribution in [0.2, 0.25) is 0 Å². The molecule has 10 heteroatoms. The van der Waals surface area contributed by atoms with Crippen LogP contribution in [0.4, 0.5) is 13.2 Å². The summed E-state index contributed by atoms with van der Waals surface area (Å²) in [5.74, 6) is -0.203. The van der Waals surface area contributed by atoms with E-state index < -0.39 is 36.5 Å². The van der Waals surface area contributed by atoms with Crippen LogP contribution in [-0.4, -0.2) is 86.4 Å². The predicted molar refractivity (Wildman–Crippen MR) is 120 cm³/mol. The lowest BCUT2D eigenvalue weighted by atomic mass is 9.69. The fourth-order valence-electron chi connectivity index (χ4n) is 5.96. The van der Waals surface area contributed by atoms with Crippen LogP contribution in [0, 0.1) is 23.7 Å². The van der Waals surface area contributed by atoms with Crippen molar-refractivity contribution in [1.82, 2.24) is 4.90 Å². The highest BCUT2D eigenvalue weighted by Crippen LogP contribution is 2.52. The van der Waals surface area contributed by atoms with Crippen molar-refractivity contribution in [3.63, 3.8) is 0 Å². The van der Waals surface area contributed by atoms with Crippen molar-refractivity contribution >= 4 is 11.8 Å². The lowest BCUT2D eigenvalue weighted by molar-refractivity contribution is -0.207. The summed E-state index contributed by atoms with van der Waals surface area (Å²) >= 11 is 1.42. The largest absolute Gasteiger partial charge is 0.414 e. The second-order valence-corrected chi connectivity index (χ2v) is 11.6. The molecule has 0 spiro atoms. The second-order valence-electron chi connectivity index (χ2n) is 10.1. The molecular weight excluding hydrogens is 459 g/mol. The number of aliphatic hydroxyl groups is 4. The van der Waals surface area contributed by atoms with Gasteiger partial charge >= 0.3 is 6.18 Å². The van der Waals surface area contributed by atoms with Gasteiger partial charge in [-0.2, -0.15) is 24.9 Å². The zero-order valence-electron chi connectivity index (χ0n) is 19.5. The lowest BCUT2D eigenvalue weighted by Gasteiger charge is -2.42. The first-order chi connectivity index (χ1) is 15.5. The number of hydrogen-bond donors (Lipinski definition) is 4. The molecule has 5 unspecified atom stereocenters. The standard InChI is InChI=1S/C23H40F3NO5S/c1-3-10-32-22(31)27-9-8-16-18(12-27)33-17(11-19(29)23(24,25)26)20(16)21(30)13(2)14-4-6-15(28)7-5-14/h13-22,28-31H,3-12H2,1-2H3/t13-,14?,15?,16?,17?,18?,19?,20+,21-,22?/m0/s1. The zero-order chi connectivity index (χ0) is 24.3. The Kier molecular flexibility index (Phi) is 9.79. The number of nitrogens with zero attached hydrogens (tertiary/aromatic N) is 1. The molecule has 1 saturated carbocycles. The van der Waals surface area contributed by atoms with E-state index in [2.05, 4.69) is 0 Å². The molecule has 0 aromatic heterocycles. The topological polar surface area (TPSA) is 93.4 Å². The minimum absolute atomic E-state index is 0.0155. The van der Waals surface area contributed by atoms with Crippen LogP contribution >= 0.6 is 11.8 Å². The molecule has 0 amide bonds. The van der Waals surface area contributed by atoms with Crippen molar-refractivity contribution in [2.45, 2.75) is 100 Å². The molecule has 3 rings (SSSR count). The number of rotatable bonds is 9. The van der Waals surface area contributed by atoms with E-state index in [-0.39, 0.29) is 35.0 Å². The molecule has 8 atom stereocenters. The van der Waals surface area contributed by atoms with Crippen molar-refractivity contribution < 1.29 is 38.3 Å². The fourth-order valence-corrected chi connectivity index (χ4v) is 8.04. The molecule has 2 heterocycles. The van der Waals surface area contributed by atoms with Crippen LogP contribution in [-0.2, 0) is 4.74 Å². The van der Waals surface area contributed by atoms with Gasteiger partial charge in [0, 0.05) is 29.5 Å². The maximum atomic E-state index is 13.2. The quantitative estimate of drug-likeness (QED) is 0.363. The Morgan fingerprint density at radius 3 is 2.36 bits per heavy atom. The molecule has 0 radical (unpaired) electrons. The summed E-state index contributed by atoms with van der Waals surface area (Å²) in [4.78, 5) is 1.81. The summed E-state index contributed by atoms with van der Waals surface area (Å²) in [6.45, 7) is 5.37. The average Bonchev–Trinajstić information content (AvgIpc) is 3.13. The van der Waals surface area contributed by atoms with Gasteiger partial charge in [0.25, 0.3) is 0 Å². The summed E-state index contributed by atoms with van der Waals surface area (Å²) in [5.41, 5.74) is 0. The smallest absolute Gasteiger partial charge is 0.393 e. The van der Waals surface area contributed by atoms with Gasteiger partial charge in [-0.25, -0.2) is 0 Å². The number of likely N-dealkylation sites (tertiary alicyclic amines) is 1. The molecule has 2 saturated heterocycles. The van der Waals surface area contributed by atoms with Gasteiger partial charge in [0.05, 0.1) is 18.8 Å². The number of thioether (sulfide) groups is 1. The van der Waals surface area contributed by atoms with Crippen molar-refractivity contribution in [2.75, 3.05) is 19.7 Å². The number of fused-ring (bicyclic) bond motifs is 1. The third kappa shape index (κ3) is 6.77. The number of aliphatic hydroxyl groups excluding tert-OH is 4. The SMILES string of the molecule is CCCOC(O)N1CCC2C(C1)SC(CC(O)C(F)(F)F)[C@@H]2[C@@H](O)[C@@H](C)C1CCC(O)CC1. The molecule has 6 nitrogen and oxygen atoms in total. The Labute approximate surface area is 198 Å². The number of alkyl halides is 3.